The van der Waals surface area contributed by atoms with Gasteiger partial charge in [-0.05, 0) is 56.2 Å². The molecular formula is C27H25ClFN5O4S. The van der Waals surface area contributed by atoms with Gasteiger partial charge in [0.05, 0.1) is 29.1 Å². The molecule has 2 aliphatic rings. The number of aryl methyl sites for hydroxylation is 1. The van der Waals surface area contributed by atoms with Gasteiger partial charge in [-0.1, -0.05) is 29.3 Å². The number of nitrogens with one attached hydrogen (secondary N) is 1. The summed E-state index contributed by atoms with van der Waals surface area (Å²) in [7, 11) is -2.67. The average Bonchev–Trinajstić information content (AvgIpc) is 3.63. The van der Waals surface area contributed by atoms with Crippen LogP contribution in [0.2, 0.25) is 5.02 Å². The number of nitrogens with zero attached hydrogens (tertiary/aromatic N) is 4. The van der Waals surface area contributed by atoms with Crippen LogP contribution < -0.4 is 5.32 Å². The summed E-state index contributed by atoms with van der Waals surface area (Å²) in [6.07, 6.45) is 6.49. The molecule has 0 amide bonds. The molecule has 4 aromatic rings. The Bertz CT molecular complexity index is 1710. The fourth-order valence-corrected chi connectivity index (χ4v) is 7.45. The van der Waals surface area contributed by atoms with E-state index in [0.717, 1.165) is 35.0 Å². The molecule has 1 aromatic carbocycles. The summed E-state index contributed by atoms with van der Waals surface area (Å²) < 4.78 is 48.2. The Hall–Kier alpha value is -3.57. The molecule has 6 rings (SSSR count). The third kappa shape index (κ3) is 4.33. The van der Waals surface area contributed by atoms with Crippen molar-refractivity contribution in [3.63, 3.8) is 0 Å². The van der Waals surface area contributed by atoms with Gasteiger partial charge in [0.25, 0.3) is 10.0 Å². The summed E-state index contributed by atoms with van der Waals surface area (Å²) in [5, 5.41) is 3.83. The SMILES string of the molecule is COC(=O)[C@H]1C2CCC(C2)[C@@H]1Nc1nc(-c2cn(S(=O)(=O)c3ccc(C)cc3)c3ncc(Cl)cc23)ncc1F. The van der Waals surface area contributed by atoms with Gasteiger partial charge in [0, 0.05) is 29.4 Å². The molecule has 0 spiro atoms. The lowest BCUT2D eigenvalue weighted by molar-refractivity contribution is -0.147. The van der Waals surface area contributed by atoms with Crippen LogP contribution in [0.4, 0.5) is 10.2 Å². The Morgan fingerprint density at radius 1 is 1.15 bits per heavy atom. The third-order valence-corrected chi connectivity index (χ3v) is 9.71. The maximum Gasteiger partial charge on any atom is 0.311 e. The van der Waals surface area contributed by atoms with Crippen LogP contribution in [0.25, 0.3) is 22.4 Å². The van der Waals surface area contributed by atoms with Gasteiger partial charge in [-0.2, -0.15) is 0 Å². The standard InChI is InChI=1S/C27H25ClFN5O4S/c1-14-3-7-18(8-4-14)39(36,37)34-13-20(19-10-17(28)11-31-26(19)34)24-30-12-21(29)25(33-24)32-23-16-6-5-15(9-16)22(23)27(35)38-2/h3-4,7-8,10-13,15-16,22-23H,5-6,9H2,1-2H3,(H,30,32,33)/t15?,16?,22-,23-/m0/s1. The van der Waals surface area contributed by atoms with Gasteiger partial charge in [-0.3, -0.25) is 4.79 Å². The molecule has 2 fully saturated rings. The summed E-state index contributed by atoms with van der Waals surface area (Å²) in [5.41, 5.74) is 1.37. The number of rotatable bonds is 6. The number of fused-ring (bicyclic) bond motifs is 3. The molecule has 2 saturated carbocycles. The van der Waals surface area contributed by atoms with Crippen LogP contribution in [0.1, 0.15) is 24.8 Å². The number of hydrogen-bond donors (Lipinski definition) is 1. The minimum Gasteiger partial charge on any atom is -0.469 e. The molecule has 2 unspecified atom stereocenters. The molecule has 1 N–H and O–H groups in total. The van der Waals surface area contributed by atoms with Crippen LogP contribution in [0.15, 0.2) is 53.8 Å². The highest BCUT2D eigenvalue weighted by molar-refractivity contribution is 7.90. The van der Waals surface area contributed by atoms with E-state index >= 15 is 0 Å². The number of carbonyl (C=O) groups is 1. The van der Waals surface area contributed by atoms with Crippen LogP contribution in [0.3, 0.4) is 0 Å². The van der Waals surface area contributed by atoms with Crippen molar-refractivity contribution in [3.05, 3.63) is 65.3 Å². The molecular weight excluding hydrogens is 545 g/mol. The number of anilines is 1. The van der Waals surface area contributed by atoms with Crippen molar-refractivity contribution in [1.82, 2.24) is 18.9 Å². The van der Waals surface area contributed by atoms with Gasteiger partial charge >= 0.3 is 5.97 Å². The molecule has 3 aromatic heterocycles. The highest BCUT2D eigenvalue weighted by Crippen LogP contribution is 2.50. The number of pyridine rings is 1. The van der Waals surface area contributed by atoms with E-state index in [4.69, 9.17) is 16.3 Å². The Labute approximate surface area is 229 Å². The Kier molecular flexibility index (Phi) is 6.30. The first kappa shape index (κ1) is 25.7. The second-order valence-corrected chi connectivity index (χ2v) is 12.4. The van der Waals surface area contributed by atoms with E-state index in [2.05, 4.69) is 20.3 Å². The van der Waals surface area contributed by atoms with Gasteiger partial charge in [0.15, 0.2) is 23.1 Å². The van der Waals surface area contributed by atoms with Crippen molar-refractivity contribution in [3.8, 4) is 11.4 Å². The number of benzene rings is 1. The van der Waals surface area contributed by atoms with Crippen molar-refractivity contribution in [2.45, 2.75) is 37.1 Å². The second-order valence-electron chi connectivity index (χ2n) is 10.1. The molecule has 39 heavy (non-hydrogen) atoms. The lowest BCUT2D eigenvalue weighted by Gasteiger charge is -2.30. The van der Waals surface area contributed by atoms with Gasteiger partial charge in [-0.25, -0.2) is 31.7 Å². The number of methoxy groups -OCH3 is 1. The predicted octanol–water partition coefficient (Wildman–Crippen LogP) is 4.83. The summed E-state index contributed by atoms with van der Waals surface area (Å²) in [4.78, 5) is 25.5. The van der Waals surface area contributed by atoms with Crippen molar-refractivity contribution in [2.24, 2.45) is 17.8 Å². The van der Waals surface area contributed by atoms with E-state index in [9.17, 15) is 17.6 Å². The molecule has 3 heterocycles. The summed E-state index contributed by atoms with van der Waals surface area (Å²) in [6, 6.07) is 7.71. The van der Waals surface area contributed by atoms with Crippen molar-refractivity contribution >= 4 is 44.4 Å². The fraction of sp³-hybridized carbons (Fsp3) is 0.333. The first-order valence-electron chi connectivity index (χ1n) is 12.5. The molecule has 9 nitrogen and oxygen atoms in total. The lowest BCUT2D eigenvalue weighted by Crippen LogP contribution is -2.40. The average molecular weight is 570 g/mol. The minimum atomic E-state index is -4.03. The number of aromatic nitrogens is 4. The largest absolute Gasteiger partial charge is 0.469 e. The van der Waals surface area contributed by atoms with Crippen molar-refractivity contribution < 1.29 is 22.3 Å². The van der Waals surface area contributed by atoms with E-state index < -0.39 is 21.8 Å². The lowest BCUT2D eigenvalue weighted by atomic mass is 9.84. The first-order valence-corrected chi connectivity index (χ1v) is 14.4. The summed E-state index contributed by atoms with van der Waals surface area (Å²) in [5.74, 6) is -0.996. The van der Waals surface area contributed by atoms with Gasteiger partial charge in [0.2, 0.25) is 0 Å². The van der Waals surface area contributed by atoms with E-state index in [0.29, 0.717) is 10.9 Å². The van der Waals surface area contributed by atoms with E-state index in [1.54, 1.807) is 18.2 Å². The zero-order chi connectivity index (χ0) is 27.5. The maximum absolute atomic E-state index is 15.0. The van der Waals surface area contributed by atoms with Crippen LogP contribution in [0, 0.1) is 30.5 Å². The van der Waals surface area contributed by atoms with Gasteiger partial charge in [-0.15, -0.1) is 0 Å². The summed E-state index contributed by atoms with van der Waals surface area (Å²) >= 11 is 6.22. The van der Waals surface area contributed by atoms with Gasteiger partial charge in [0.1, 0.15) is 0 Å². The van der Waals surface area contributed by atoms with Crippen molar-refractivity contribution in [2.75, 3.05) is 12.4 Å². The topological polar surface area (TPSA) is 116 Å². The Morgan fingerprint density at radius 3 is 2.64 bits per heavy atom. The third-order valence-electron chi connectivity index (χ3n) is 7.83. The van der Waals surface area contributed by atoms with E-state index in [1.165, 1.54) is 31.6 Å². The smallest absolute Gasteiger partial charge is 0.311 e. The number of halogens is 2. The number of esters is 1. The normalized spacial score (nSPS) is 22.4. The molecule has 0 radical (unpaired) electrons. The zero-order valence-electron chi connectivity index (χ0n) is 21.1. The highest BCUT2D eigenvalue weighted by Gasteiger charge is 2.51. The number of ether oxygens (including phenoxy) is 1. The monoisotopic (exact) mass is 569 g/mol. The van der Waals surface area contributed by atoms with Crippen LogP contribution in [0.5, 0.6) is 0 Å². The van der Waals surface area contributed by atoms with Crippen molar-refractivity contribution in [1.29, 1.82) is 0 Å². The van der Waals surface area contributed by atoms with Crippen LogP contribution >= 0.6 is 11.6 Å². The highest BCUT2D eigenvalue weighted by atomic mass is 35.5. The minimum absolute atomic E-state index is 0.0660. The number of carbonyl (C=O) groups excluding carboxylic acids is 1. The van der Waals surface area contributed by atoms with Crippen LogP contribution in [-0.4, -0.2) is 46.5 Å². The predicted molar refractivity (Wildman–Crippen MR) is 143 cm³/mol. The van der Waals surface area contributed by atoms with Gasteiger partial charge < -0.3 is 10.1 Å². The second kappa shape index (κ2) is 9.56. The molecule has 2 bridgehead atoms. The molecule has 202 valence electrons. The fourth-order valence-electron chi connectivity index (χ4n) is 5.97. The molecule has 2 aliphatic carbocycles. The molecule has 4 atom stereocenters. The van der Waals surface area contributed by atoms with Crippen LogP contribution in [-0.2, 0) is 19.6 Å². The molecule has 0 saturated heterocycles. The first-order chi connectivity index (χ1) is 18.7. The van der Waals surface area contributed by atoms with E-state index in [-0.39, 0.29) is 51.1 Å². The van der Waals surface area contributed by atoms with E-state index in [1.807, 2.05) is 6.92 Å². The quantitative estimate of drug-likeness (QED) is 0.328. The Balaban J connectivity index is 1.43. The maximum atomic E-state index is 15.0. The molecule has 12 heteroatoms. The number of hydrogen-bond acceptors (Lipinski definition) is 8. The summed E-state index contributed by atoms with van der Waals surface area (Å²) in [6.45, 7) is 1.87. The zero-order valence-corrected chi connectivity index (χ0v) is 22.7. The Morgan fingerprint density at radius 2 is 1.90 bits per heavy atom. The molecule has 0 aliphatic heterocycles.